The molecule has 0 saturated carbocycles. The van der Waals surface area contributed by atoms with Gasteiger partial charge in [-0.05, 0) is 17.9 Å². The normalized spacial score (nSPS) is 13.9. The Morgan fingerprint density at radius 1 is 1.15 bits per heavy atom. The highest BCUT2D eigenvalue weighted by molar-refractivity contribution is 5.80. The number of alkyl halides is 2. The fourth-order valence-electron chi connectivity index (χ4n) is 2.56. The number of nitrogens with two attached hydrogens (primary N) is 1. The Morgan fingerprint density at radius 3 is 2.37 bits per heavy atom. The Hall–Kier alpha value is -2.06. The summed E-state index contributed by atoms with van der Waals surface area (Å²) in [5, 5.41) is 14.4. The molecule has 0 fully saturated rings. The number of hydrogen-bond acceptors (Lipinski definition) is 4. The lowest BCUT2D eigenvalue weighted by molar-refractivity contribution is -0.132. The van der Waals surface area contributed by atoms with Gasteiger partial charge in [0.05, 0.1) is 13.0 Å². The lowest BCUT2D eigenvalue weighted by Gasteiger charge is -2.28. The van der Waals surface area contributed by atoms with Crippen LogP contribution in [0.15, 0.2) is 30.3 Å². The molecule has 0 aliphatic carbocycles. The number of hydrogen-bond donors (Lipinski definition) is 4. The second-order valence-corrected chi connectivity index (χ2v) is 7.04. The number of halogens is 2. The predicted octanol–water partition coefficient (Wildman–Crippen LogP) is 1.22. The van der Waals surface area contributed by atoms with Gasteiger partial charge < -0.3 is 21.5 Å². The number of aliphatic hydroxyl groups is 1. The van der Waals surface area contributed by atoms with E-state index >= 15 is 0 Å². The SMILES string of the molecule is CC(C)CC(N)C(O)C(F)(F)CNC(=O)CCNC(=O)Cc1ccccc1. The largest absolute Gasteiger partial charge is 0.385 e. The van der Waals surface area contributed by atoms with Crippen molar-refractivity contribution in [2.45, 2.75) is 51.2 Å². The molecule has 5 N–H and O–H groups in total. The minimum Gasteiger partial charge on any atom is -0.385 e. The number of carbonyl (C=O) groups excluding carboxylic acids is 2. The molecule has 6 nitrogen and oxygen atoms in total. The van der Waals surface area contributed by atoms with E-state index in [1.807, 2.05) is 44.2 Å². The van der Waals surface area contributed by atoms with Crippen molar-refractivity contribution in [3.8, 4) is 0 Å². The molecule has 152 valence electrons. The van der Waals surface area contributed by atoms with E-state index in [9.17, 15) is 23.5 Å². The summed E-state index contributed by atoms with van der Waals surface area (Å²) >= 11 is 0. The van der Waals surface area contributed by atoms with Gasteiger partial charge in [0.15, 0.2) is 0 Å². The third-order valence-corrected chi connectivity index (χ3v) is 3.98. The molecule has 1 rings (SSSR count). The van der Waals surface area contributed by atoms with Crippen LogP contribution in [0, 0.1) is 5.92 Å². The lowest BCUT2D eigenvalue weighted by atomic mass is 9.96. The van der Waals surface area contributed by atoms with Crippen molar-refractivity contribution in [1.82, 2.24) is 10.6 Å². The Morgan fingerprint density at radius 2 is 1.78 bits per heavy atom. The molecule has 0 aliphatic heterocycles. The van der Waals surface area contributed by atoms with Gasteiger partial charge in [0.2, 0.25) is 11.8 Å². The quantitative estimate of drug-likeness (QED) is 0.460. The molecule has 0 spiro atoms. The number of nitrogens with one attached hydrogen (secondary N) is 2. The maximum Gasteiger partial charge on any atom is 0.291 e. The van der Waals surface area contributed by atoms with Gasteiger partial charge in [0.1, 0.15) is 6.10 Å². The van der Waals surface area contributed by atoms with Gasteiger partial charge >= 0.3 is 0 Å². The number of carbonyl (C=O) groups is 2. The van der Waals surface area contributed by atoms with E-state index in [2.05, 4.69) is 10.6 Å². The molecule has 0 heterocycles. The van der Waals surface area contributed by atoms with Crippen molar-refractivity contribution < 1.29 is 23.5 Å². The van der Waals surface area contributed by atoms with Gasteiger partial charge in [-0.15, -0.1) is 0 Å². The van der Waals surface area contributed by atoms with Crippen molar-refractivity contribution in [3.63, 3.8) is 0 Å². The molecule has 0 aromatic heterocycles. The Kier molecular flexibility index (Phi) is 9.31. The van der Waals surface area contributed by atoms with E-state index in [4.69, 9.17) is 5.73 Å². The summed E-state index contributed by atoms with van der Waals surface area (Å²) in [6, 6.07) is 8.02. The van der Waals surface area contributed by atoms with Gasteiger partial charge in [-0.25, -0.2) is 8.78 Å². The summed E-state index contributed by atoms with van der Waals surface area (Å²) in [4.78, 5) is 23.4. The van der Waals surface area contributed by atoms with Crippen LogP contribution < -0.4 is 16.4 Å². The fraction of sp³-hybridized carbons (Fsp3) is 0.579. The smallest absolute Gasteiger partial charge is 0.291 e. The van der Waals surface area contributed by atoms with Gasteiger partial charge in [-0.1, -0.05) is 44.2 Å². The predicted molar refractivity (Wildman–Crippen MR) is 99.2 cm³/mol. The molecular weight excluding hydrogens is 356 g/mol. The van der Waals surface area contributed by atoms with Crippen LogP contribution in [0.5, 0.6) is 0 Å². The van der Waals surface area contributed by atoms with E-state index in [0.29, 0.717) is 0 Å². The molecule has 2 amide bonds. The number of benzene rings is 1. The van der Waals surface area contributed by atoms with Crippen LogP contribution >= 0.6 is 0 Å². The fourth-order valence-corrected chi connectivity index (χ4v) is 2.56. The molecule has 0 bridgehead atoms. The first kappa shape index (κ1) is 23.0. The van der Waals surface area contributed by atoms with Gasteiger partial charge in [-0.3, -0.25) is 9.59 Å². The molecule has 1 aromatic carbocycles. The molecule has 1 aromatic rings. The lowest BCUT2D eigenvalue weighted by Crippen LogP contribution is -2.53. The van der Waals surface area contributed by atoms with E-state index < -0.39 is 30.5 Å². The maximum absolute atomic E-state index is 14.0. The van der Waals surface area contributed by atoms with Crippen molar-refractivity contribution in [3.05, 3.63) is 35.9 Å². The standard InChI is InChI=1S/C19H29F2N3O3/c1-13(2)10-15(22)18(27)19(20,21)12-24-16(25)8-9-23-17(26)11-14-6-4-3-5-7-14/h3-7,13,15,18,27H,8-12,22H2,1-2H3,(H,23,26)(H,24,25). The third-order valence-electron chi connectivity index (χ3n) is 3.98. The summed E-state index contributed by atoms with van der Waals surface area (Å²) < 4.78 is 27.9. The molecule has 8 heteroatoms. The summed E-state index contributed by atoms with van der Waals surface area (Å²) in [5.74, 6) is -4.35. The number of rotatable bonds is 11. The third kappa shape index (κ3) is 8.92. The molecule has 0 saturated heterocycles. The van der Waals surface area contributed by atoms with Crippen LogP contribution in [0.1, 0.15) is 32.3 Å². The first-order valence-corrected chi connectivity index (χ1v) is 9.00. The van der Waals surface area contributed by atoms with E-state index in [1.165, 1.54) is 0 Å². The Bertz CT molecular complexity index is 597. The Balaban J connectivity index is 2.30. The number of aliphatic hydroxyl groups excluding tert-OH is 1. The molecule has 27 heavy (non-hydrogen) atoms. The molecular formula is C19H29F2N3O3. The van der Waals surface area contributed by atoms with Crippen LogP contribution in [0.2, 0.25) is 0 Å². The summed E-state index contributed by atoms with van der Waals surface area (Å²) in [5.41, 5.74) is 6.44. The monoisotopic (exact) mass is 385 g/mol. The van der Waals surface area contributed by atoms with Crippen molar-refractivity contribution in [2.24, 2.45) is 11.7 Å². The van der Waals surface area contributed by atoms with Crippen LogP contribution in [0.3, 0.4) is 0 Å². The van der Waals surface area contributed by atoms with Crippen molar-refractivity contribution in [2.75, 3.05) is 13.1 Å². The maximum atomic E-state index is 14.0. The zero-order valence-electron chi connectivity index (χ0n) is 15.8. The van der Waals surface area contributed by atoms with E-state index in [1.54, 1.807) is 0 Å². The van der Waals surface area contributed by atoms with Crippen LogP contribution in [-0.4, -0.2) is 48.1 Å². The zero-order chi connectivity index (χ0) is 20.4. The number of amides is 2. The average molecular weight is 385 g/mol. The van der Waals surface area contributed by atoms with E-state index in [0.717, 1.165) is 5.56 Å². The highest BCUT2D eigenvalue weighted by Crippen LogP contribution is 2.22. The minimum atomic E-state index is -3.53. The molecule has 0 radical (unpaired) electrons. The van der Waals surface area contributed by atoms with Gasteiger partial charge in [0, 0.05) is 19.0 Å². The highest BCUT2D eigenvalue weighted by atomic mass is 19.3. The highest BCUT2D eigenvalue weighted by Gasteiger charge is 2.42. The Labute approximate surface area is 158 Å². The average Bonchev–Trinajstić information content (AvgIpc) is 2.59. The molecule has 0 aliphatic rings. The topological polar surface area (TPSA) is 104 Å². The van der Waals surface area contributed by atoms with Gasteiger partial charge in [0.25, 0.3) is 5.92 Å². The van der Waals surface area contributed by atoms with Crippen molar-refractivity contribution in [1.29, 1.82) is 0 Å². The first-order valence-electron chi connectivity index (χ1n) is 9.00. The first-order chi connectivity index (χ1) is 12.6. The molecule has 2 unspecified atom stereocenters. The van der Waals surface area contributed by atoms with Crippen LogP contribution in [0.4, 0.5) is 8.78 Å². The summed E-state index contributed by atoms with van der Waals surface area (Å²) in [6.07, 6.45) is -1.74. The summed E-state index contributed by atoms with van der Waals surface area (Å²) in [7, 11) is 0. The van der Waals surface area contributed by atoms with Crippen molar-refractivity contribution >= 4 is 11.8 Å². The second kappa shape index (κ2) is 10.9. The second-order valence-electron chi connectivity index (χ2n) is 7.04. The summed E-state index contributed by atoms with van der Waals surface area (Å²) in [6.45, 7) is 2.67. The zero-order valence-corrected chi connectivity index (χ0v) is 15.8. The minimum absolute atomic E-state index is 0.0402. The van der Waals surface area contributed by atoms with E-state index in [-0.39, 0.29) is 37.6 Å². The van der Waals surface area contributed by atoms with Crippen LogP contribution in [-0.2, 0) is 16.0 Å². The molecule has 2 atom stereocenters. The van der Waals surface area contributed by atoms with Crippen LogP contribution in [0.25, 0.3) is 0 Å². The van der Waals surface area contributed by atoms with Gasteiger partial charge in [-0.2, -0.15) is 0 Å².